The van der Waals surface area contributed by atoms with Crippen LogP contribution in [0.4, 0.5) is 0 Å². The topological polar surface area (TPSA) is 12.0 Å². The van der Waals surface area contributed by atoms with Gasteiger partial charge in [0.25, 0.3) is 0 Å². The molecule has 16 heavy (non-hydrogen) atoms. The Labute approximate surface area is 112 Å². The van der Waals surface area contributed by atoms with Gasteiger partial charge in [-0.25, -0.2) is 0 Å². The second-order valence-electron chi connectivity index (χ2n) is 4.43. The zero-order valence-corrected chi connectivity index (χ0v) is 12.8. The van der Waals surface area contributed by atoms with E-state index < -0.39 is 0 Å². The molecule has 2 atom stereocenters. The Bertz CT molecular complexity index is 298. The van der Waals surface area contributed by atoms with E-state index in [1.807, 2.05) is 11.3 Å². The fourth-order valence-corrected chi connectivity index (χ4v) is 3.29. The van der Waals surface area contributed by atoms with Gasteiger partial charge in [-0.2, -0.15) is 0 Å². The first-order valence-electron chi connectivity index (χ1n) is 6.14. The summed E-state index contributed by atoms with van der Waals surface area (Å²) in [7, 11) is 0. The molecule has 0 fully saturated rings. The normalized spacial score (nSPS) is 15.0. The van der Waals surface area contributed by atoms with E-state index in [0.29, 0.717) is 12.1 Å². The zero-order chi connectivity index (χ0) is 12.0. The maximum absolute atomic E-state index is 3.66. The van der Waals surface area contributed by atoms with Crippen LogP contribution < -0.4 is 5.32 Å². The molecule has 0 aromatic carbocycles. The van der Waals surface area contributed by atoms with E-state index in [1.54, 1.807) is 0 Å². The van der Waals surface area contributed by atoms with Gasteiger partial charge in [0.15, 0.2) is 0 Å². The first-order chi connectivity index (χ1) is 7.63. The van der Waals surface area contributed by atoms with Crippen molar-refractivity contribution in [3.05, 3.63) is 20.8 Å². The van der Waals surface area contributed by atoms with E-state index in [1.165, 1.54) is 34.3 Å². The van der Waals surface area contributed by atoms with Gasteiger partial charge in [-0.05, 0) is 48.3 Å². The Hall–Kier alpha value is 0.140. The van der Waals surface area contributed by atoms with Crippen molar-refractivity contribution >= 4 is 27.3 Å². The van der Waals surface area contributed by atoms with Crippen LogP contribution in [-0.2, 0) is 0 Å². The van der Waals surface area contributed by atoms with Gasteiger partial charge in [0, 0.05) is 17.0 Å². The van der Waals surface area contributed by atoms with Crippen molar-refractivity contribution in [3.63, 3.8) is 0 Å². The molecule has 0 spiro atoms. The molecule has 1 N–H and O–H groups in total. The number of rotatable bonds is 7. The van der Waals surface area contributed by atoms with Crippen LogP contribution in [0.15, 0.2) is 15.9 Å². The van der Waals surface area contributed by atoms with Gasteiger partial charge < -0.3 is 5.32 Å². The molecular formula is C13H22BrNS. The Kier molecular flexibility index (Phi) is 6.62. The van der Waals surface area contributed by atoms with Crippen LogP contribution in [0, 0.1) is 0 Å². The van der Waals surface area contributed by atoms with E-state index in [2.05, 4.69) is 54.2 Å². The predicted octanol–water partition coefficient (Wildman–Crippen LogP) is 5.13. The number of halogens is 1. The summed E-state index contributed by atoms with van der Waals surface area (Å²) >= 11 is 5.33. The van der Waals surface area contributed by atoms with Crippen molar-refractivity contribution in [1.29, 1.82) is 0 Å². The quantitative estimate of drug-likeness (QED) is 0.689. The summed E-state index contributed by atoms with van der Waals surface area (Å²) in [6, 6.07) is 5.40. The van der Waals surface area contributed by atoms with Crippen LogP contribution in [0.3, 0.4) is 0 Å². The number of hydrogen-bond donors (Lipinski definition) is 1. The van der Waals surface area contributed by atoms with Crippen molar-refractivity contribution < 1.29 is 0 Å². The van der Waals surface area contributed by atoms with Crippen LogP contribution in [0.5, 0.6) is 0 Å². The lowest BCUT2D eigenvalue weighted by Gasteiger charge is -2.18. The fourth-order valence-electron chi connectivity index (χ4n) is 1.85. The minimum Gasteiger partial charge on any atom is -0.307 e. The van der Waals surface area contributed by atoms with Gasteiger partial charge in [0.2, 0.25) is 0 Å². The van der Waals surface area contributed by atoms with Gasteiger partial charge >= 0.3 is 0 Å². The van der Waals surface area contributed by atoms with Gasteiger partial charge in [-0.15, -0.1) is 11.3 Å². The average Bonchev–Trinajstić information content (AvgIpc) is 2.65. The average molecular weight is 304 g/mol. The maximum Gasteiger partial charge on any atom is 0.0701 e. The molecule has 1 rings (SSSR count). The smallest absolute Gasteiger partial charge is 0.0701 e. The highest BCUT2D eigenvalue weighted by Gasteiger charge is 2.10. The van der Waals surface area contributed by atoms with E-state index in [-0.39, 0.29) is 0 Å². The van der Waals surface area contributed by atoms with Crippen LogP contribution in [0.1, 0.15) is 57.4 Å². The Morgan fingerprint density at radius 3 is 2.62 bits per heavy atom. The molecule has 92 valence electrons. The molecule has 0 saturated heterocycles. The lowest BCUT2D eigenvalue weighted by atomic mass is 10.1. The van der Waals surface area contributed by atoms with Gasteiger partial charge in [-0.3, -0.25) is 0 Å². The molecule has 3 heteroatoms. The summed E-state index contributed by atoms with van der Waals surface area (Å²) < 4.78 is 1.22. The molecule has 1 aromatic rings. The molecule has 0 saturated carbocycles. The lowest BCUT2D eigenvalue weighted by Crippen LogP contribution is -2.28. The maximum atomic E-state index is 3.66. The van der Waals surface area contributed by atoms with E-state index in [4.69, 9.17) is 0 Å². The molecule has 0 amide bonds. The minimum atomic E-state index is 0.466. The molecule has 0 aliphatic rings. The van der Waals surface area contributed by atoms with Crippen molar-refractivity contribution in [2.45, 2.75) is 58.5 Å². The third-order valence-corrected chi connectivity index (χ3v) is 4.60. The summed E-state index contributed by atoms with van der Waals surface area (Å²) in [5.74, 6) is 0. The summed E-state index contributed by atoms with van der Waals surface area (Å²) in [5, 5.41) is 3.66. The van der Waals surface area contributed by atoms with Gasteiger partial charge in [0.05, 0.1) is 3.79 Å². The highest BCUT2D eigenvalue weighted by Crippen LogP contribution is 2.27. The zero-order valence-electron chi connectivity index (χ0n) is 10.4. The van der Waals surface area contributed by atoms with E-state index in [0.717, 1.165) is 0 Å². The number of nitrogens with one attached hydrogen (secondary N) is 1. The van der Waals surface area contributed by atoms with Gasteiger partial charge in [0.1, 0.15) is 0 Å². The van der Waals surface area contributed by atoms with Gasteiger partial charge in [-0.1, -0.05) is 26.2 Å². The molecule has 0 bridgehead atoms. The number of thiophene rings is 1. The Morgan fingerprint density at radius 2 is 2.06 bits per heavy atom. The molecular weight excluding hydrogens is 282 g/mol. The van der Waals surface area contributed by atoms with Crippen LogP contribution in [0.25, 0.3) is 0 Å². The molecule has 1 heterocycles. The third kappa shape index (κ3) is 4.98. The highest BCUT2D eigenvalue weighted by molar-refractivity contribution is 9.11. The third-order valence-electron chi connectivity index (χ3n) is 2.80. The van der Waals surface area contributed by atoms with Crippen LogP contribution in [-0.4, -0.2) is 6.04 Å². The minimum absolute atomic E-state index is 0.466. The molecule has 0 aliphatic heterocycles. The number of unbranched alkanes of at least 4 members (excludes halogenated alkanes) is 2. The highest BCUT2D eigenvalue weighted by atomic mass is 79.9. The summed E-state index contributed by atoms with van der Waals surface area (Å²) in [5.41, 5.74) is 0. The lowest BCUT2D eigenvalue weighted by molar-refractivity contribution is 0.443. The predicted molar refractivity (Wildman–Crippen MR) is 77.2 cm³/mol. The molecule has 1 aromatic heterocycles. The summed E-state index contributed by atoms with van der Waals surface area (Å²) in [6.07, 6.45) is 5.28. The SMILES string of the molecule is CCCCCC(C)NC(C)c1ccc(Br)s1. The first-order valence-corrected chi connectivity index (χ1v) is 7.75. The molecule has 0 radical (unpaired) electrons. The van der Waals surface area contributed by atoms with Crippen LogP contribution in [0.2, 0.25) is 0 Å². The van der Waals surface area contributed by atoms with Crippen LogP contribution >= 0.6 is 27.3 Å². The molecule has 2 unspecified atom stereocenters. The first kappa shape index (κ1) is 14.2. The summed E-state index contributed by atoms with van der Waals surface area (Å²) in [4.78, 5) is 1.41. The molecule has 0 aliphatic carbocycles. The van der Waals surface area contributed by atoms with Crippen molar-refractivity contribution in [2.75, 3.05) is 0 Å². The van der Waals surface area contributed by atoms with E-state index in [9.17, 15) is 0 Å². The largest absolute Gasteiger partial charge is 0.307 e. The fraction of sp³-hybridized carbons (Fsp3) is 0.692. The Balaban J connectivity index is 2.30. The standard InChI is InChI=1S/C13H22BrNS/c1-4-5-6-7-10(2)15-11(3)12-8-9-13(14)16-12/h8-11,15H,4-7H2,1-3H3. The monoisotopic (exact) mass is 303 g/mol. The second-order valence-corrected chi connectivity index (χ2v) is 6.92. The second kappa shape index (κ2) is 7.46. The number of hydrogen-bond acceptors (Lipinski definition) is 2. The van der Waals surface area contributed by atoms with Crippen molar-refractivity contribution in [1.82, 2.24) is 5.32 Å². The van der Waals surface area contributed by atoms with Crippen molar-refractivity contribution in [2.24, 2.45) is 0 Å². The van der Waals surface area contributed by atoms with E-state index >= 15 is 0 Å². The van der Waals surface area contributed by atoms with Crippen molar-refractivity contribution in [3.8, 4) is 0 Å². The summed E-state index contributed by atoms with van der Waals surface area (Å²) in [6.45, 7) is 6.79. The Morgan fingerprint density at radius 1 is 1.31 bits per heavy atom. The molecule has 1 nitrogen and oxygen atoms in total.